The molecule has 0 bridgehead atoms. The van der Waals surface area contributed by atoms with E-state index in [0.717, 1.165) is 55.7 Å². The summed E-state index contributed by atoms with van der Waals surface area (Å²) < 4.78 is 41.0. The second kappa shape index (κ2) is 10.2. The predicted molar refractivity (Wildman–Crippen MR) is 145 cm³/mol. The number of imidazole rings is 1. The summed E-state index contributed by atoms with van der Waals surface area (Å²) in [5, 5.41) is 11.5. The average Bonchev–Trinajstić information content (AvgIpc) is 3.55. The van der Waals surface area contributed by atoms with Crippen molar-refractivity contribution in [3.05, 3.63) is 71.9 Å². The average molecular weight is 560 g/mol. The number of nitriles is 1. The SMILES string of the molecule is N#CN=C1CCC2CCC(c3nc(-c4ccc(C(=O)Nc5cc(C(F)(F)F)ccn5)cc4)c4c(N)nccn34)CN12. The molecule has 208 valence electrons. The Bertz CT molecular complexity index is 1710. The summed E-state index contributed by atoms with van der Waals surface area (Å²) in [6.07, 6.45) is 5.47. The third kappa shape index (κ3) is 4.93. The zero-order valence-electron chi connectivity index (χ0n) is 21.6. The van der Waals surface area contributed by atoms with Crippen LogP contribution in [-0.2, 0) is 6.18 Å². The van der Waals surface area contributed by atoms with Crippen LogP contribution in [-0.4, -0.2) is 48.6 Å². The lowest BCUT2D eigenvalue weighted by Gasteiger charge is -2.35. The number of rotatable bonds is 4. The summed E-state index contributed by atoms with van der Waals surface area (Å²) in [5.74, 6) is 1.22. The number of nitrogens with zero attached hydrogens (tertiary/aromatic N) is 7. The van der Waals surface area contributed by atoms with Crippen molar-refractivity contribution in [3.63, 3.8) is 0 Å². The van der Waals surface area contributed by atoms with E-state index in [1.165, 1.54) is 0 Å². The molecule has 2 fully saturated rings. The van der Waals surface area contributed by atoms with Gasteiger partial charge in [0.2, 0.25) is 6.19 Å². The summed E-state index contributed by atoms with van der Waals surface area (Å²) in [5.41, 5.74) is 7.58. The van der Waals surface area contributed by atoms with Crippen LogP contribution in [0.4, 0.5) is 24.8 Å². The van der Waals surface area contributed by atoms with Gasteiger partial charge >= 0.3 is 6.18 Å². The van der Waals surface area contributed by atoms with Crippen LogP contribution in [0, 0.1) is 11.5 Å². The maximum Gasteiger partial charge on any atom is 0.416 e. The molecule has 2 atom stereocenters. The van der Waals surface area contributed by atoms with Gasteiger partial charge in [0.25, 0.3) is 5.91 Å². The molecule has 10 nitrogen and oxygen atoms in total. The zero-order chi connectivity index (χ0) is 28.7. The highest BCUT2D eigenvalue weighted by molar-refractivity contribution is 6.04. The number of halogens is 3. The van der Waals surface area contributed by atoms with Crippen LogP contribution < -0.4 is 11.1 Å². The largest absolute Gasteiger partial charge is 0.416 e. The molecule has 2 saturated heterocycles. The monoisotopic (exact) mass is 559 g/mol. The quantitative estimate of drug-likeness (QED) is 0.341. The number of hydrogen-bond donors (Lipinski definition) is 2. The fraction of sp³-hybridized carbons (Fsp3) is 0.286. The summed E-state index contributed by atoms with van der Waals surface area (Å²) in [4.78, 5) is 32.1. The molecule has 1 aromatic carbocycles. The van der Waals surface area contributed by atoms with Crippen molar-refractivity contribution in [2.24, 2.45) is 4.99 Å². The molecule has 2 aliphatic heterocycles. The number of carbonyl (C=O) groups is 1. The Kier molecular flexibility index (Phi) is 6.53. The molecule has 0 saturated carbocycles. The number of piperidine rings is 1. The van der Waals surface area contributed by atoms with Gasteiger partial charge in [-0.2, -0.15) is 23.4 Å². The zero-order valence-corrected chi connectivity index (χ0v) is 21.6. The molecule has 6 rings (SSSR count). The number of hydrogen-bond acceptors (Lipinski definition) is 7. The number of pyridine rings is 1. The number of anilines is 2. The van der Waals surface area contributed by atoms with Crippen LogP contribution in [0.3, 0.4) is 0 Å². The summed E-state index contributed by atoms with van der Waals surface area (Å²) >= 11 is 0. The first-order valence-corrected chi connectivity index (χ1v) is 13.0. The van der Waals surface area contributed by atoms with E-state index in [9.17, 15) is 18.0 Å². The van der Waals surface area contributed by atoms with E-state index in [1.54, 1.807) is 30.5 Å². The normalized spacial score (nSPS) is 19.8. The van der Waals surface area contributed by atoms with E-state index in [1.807, 2.05) is 16.8 Å². The molecule has 1 amide bonds. The first-order chi connectivity index (χ1) is 19.7. The summed E-state index contributed by atoms with van der Waals surface area (Å²) in [6, 6.07) is 8.55. The molecule has 3 N–H and O–H groups in total. The van der Waals surface area contributed by atoms with Crippen LogP contribution in [0.15, 0.2) is 60.0 Å². The van der Waals surface area contributed by atoms with Gasteiger partial charge in [0, 0.05) is 54.6 Å². The Morgan fingerprint density at radius 3 is 2.68 bits per heavy atom. The van der Waals surface area contributed by atoms with Crippen LogP contribution >= 0.6 is 0 Å². The minimum Gasteiger partial charge on any atom is -0.382 e. The molecular weight excluding hydrogens is 535 g/mol. The number of benzene rings is 1. The predicted octanol–water partition coefficient (Wildman–Crippen LogP) is 4.87. The smallest absolute Gasteiger partial charge is 0.382 e. The molecule has 0 aliphatic carbocycles. The van der Waals surface area contributed by atoms with E-state index in [-0.39, 0.29) is 17.3 Å². The third-order valence-corrected chi connectivity index (χ3v) is 7.64. The topological polar surface area (TPSA) is 138 Å². The van der Waals surface area contributed by atoms with Crippen molar-refractivity contribution < 1.29 is 18.0 Å². The Morgan fingerprint density at radius 2 is 1.93 bits per heavy atom. The molecule has 3 aromatic heterocycles. The number of nitrogen functional groups attached to an aromatic ring is 1. The number of aliphatic imine (C=N–C) groups is 1. The molecule has 2 aliphatic rings. The van der Waals surface area contributed by atoms with Gasteiger partial charge in [-0.05, 0) is 43.5 Å². The maximum atomic E-state index is 13.0. The number of fused-ring (bicyclic) bond motifs is 2. The first kappa shape index (κ1) is 26.2. The Labute approximate surface area is 232 Å². The van der Waals surface area contributed by atoms with Crippen LogP contribution in [0.2, 0.25) is 0 Å². The third-order valence-electron chi connectivity index (χ3n) is 7.64. The van der Waals surface area contributed by atoms with Gasteiger partial charge in [-0.3, -0.25) is 9.20 Å². The maximum absolute atomic E-state index is 13.0. The van der Waals surface area contributed by atoms with Gasteiger partial charge in [-0.1, -0.05) is 12.1 Å². The fourth-order valence-corrected chi connectivity index (χ4v) is 5.69. The molecule has 41 heavy (non-hydrogen) atoms. The van der Waals surface area contributed by atoms with Crippen molar-refractivity contribution in [3.8, 4) is 17.5 Å². The molecule has 4 aromatic rings. The summed E-state index contributed by atoms with van der Waals surface area (Å²) in [7, 11) is 0. The molecular formula is C28H24F3N9O. The van der Waals surface area contributed by atoms with Crippen LogP contribution in [0.1, 0.15) is 53.3 Å². The van der Waals surface area contributed by atoms with Crippen molar-refractivity contribution in [1.82, 2.24) is 24.3 Å². The van der Waals surface area contributed by atoms with Crippen molar-refractivity contribution in [2.45, 2.75) is 43.8 Å². The van der Waals surface area contributed by atoms with Gasteiger partial charge in [0.1, 0.15) is 34.5 Å². The Balaban J connectivity index is 1.28. The number of amides is 1. The molecule has 2 unspecified atom stereocenters. The summed E-state index contributed by atoms with van der Waals surface area (Å²) in [6.45, 7) is 0.689. The Morgan fingerprint density at radius 1 is 1.12 bits per heavy atom. The molecule has 13 heteroatoms. The molecule has 5 heterocycles. The number of carbonyl (C=O) groups excluding carboxylic acids is 1. The van der Waals surface area contributed by atoms with Gasteiger partial charge in [0.05, 0.1) is 5.56 Å². The number of amidine groups is 1. The Hall–Kier alpha value is -4.99. The van der Waals surface area contributed by atoms with Crippen molar-refractivity contribution in [2.75, 3.05) is 17.6 Å². The first-order valence-electron chi connectivity index (χ1n) is 13.0. The van der Waals surface area contributed by atoms with E-state index in [4.69, 9.17) is 16.0 Å². The number of nitrogens with two attached hydrogens (primary N) is 1. The second-order valence-electron chi connectivity index (χ2n) is 10.1. The number of aromatic nitrogens is 4. The highest BCUT2D eigenvalue weighted by Crippen LogP contribution is 2.38. The second-order valence-corrected chi connectivity index (χ2v) is 10.1. The number of alkyl halides is 3. The van der Waals surface area contributed by atoms with Gasteiger partial charge in [-0.25, -0.2) is 15.0 Å². The van der Waals surface area contributed by atoms with Crippen LogP contribution in [0.25, 0.3) is 16.8 Å². The van der Waals surface area contributed by atoms with Crippen molar-refractivity contribution in [1.29, 1.82) is 5.26 Å². The minimum atomic E-state index is -4.55. The van der Waals surface area contributed by atoms with Gasteiger partial charge in [0.15, 0.2) is 0 Å². The van der Waals surface area contributed by atoms with E-state index in [2.05, 4.69) is 25.2 Å². The fourth-order valence-electron chi connectivity index (χ4n) is 5.69. The lowest BCUT2D eigenvalue weighted by Crippen LogP contribution is -2.41. The van der Waals surface area contributed by atoms with Gasteiger partial charge < -0.3 is 16.0 Å². The highest BCUT2D eigenvalue weighted by Gasteiger charge is 2.37. The lowest BCUT2D eigenvalue weighted by atomic mass is 9.92. The lowest BCUT2D eigenvalue weighted by molar-refractivity contribution is -0.137. The van der Waals surface area contributed by atoms with E-state index in [0.29, 0.717) is 35.2 Å². The highest BCUT2D eigenvalue weighted by atomic mass is 19.4. The van der Waals surface area contributed by atoms with E-state index >= 15 is 0 Å². The molecule has 0 spiro atoms. The minimum absolute atomic E-state index is 0.0707. The van der Waals surface area contributed by atoms with E-state index < -0.39 is 17.6 Å². The standard InChI is InChI=1S/C28H24F3N9O/c29-28(30,31)19-9-10-34-21(13-19)37-27(41)17-3-1-16(2-4-17)23-24-25(33)35-11-12-39(24)26(38-23)18-5-6-20-7-8-22(36-15-32)40(20)14-18/h1-4,9-13,18,20H,5-8,14H2,(H2,33,35)(H,34,37,41). The van der Waals surface area contributed by atoms with Gasteiger partial charge in [-0.15, -0.1) is 0 Å². The van der Waals surface area contributed by atoms with Crippen molar-refractivity contribution >= 4 is 28.9 Å². The number of nitrogens with one attached hydrogen (secondary N) is 1. The van der Waals surface area contributed by atoms with Crippen LogP contribution in [0.5, 0.6) is 0 Å². The molecule has 0 radical (unpaired) electrons.